The van der Waals surface area contributed by atoms with Gasteiger partial charge >= 0.3 is 5.97 Å². The lowest BCUT2D eigenvalue weighted by Gasteiger charge is -2.19. The van der Waals surface area contributed by atoms with Crippen LogP contribution in [-0.4, -0.2) is 21.1 Å². The monoisotopic (exact) mass is 420 g/mol. The summed E-state index contributed by atoms with van der Waals surface area (Å²) in [6, 6.07) is 9.55. The number of hydrogen-bond acceptors (Lipinski definition) is 5. The molecule has 0 aliphatic heterocycles. The fourth-order valence-electron chi connectivity index (χ4n) is 2.23. The third-order valence-electron chi connectivity index (χ3n) is 3.17. The highest BCUT2D eigenvalue weighted by atomic mass is 79.9. The van der Waals surface area contributed by atoms with Crippen LogP contribution in [0.15, 0.2) is 29.0 Å². The first-order chi connectivity index (χ1) is 12.2. The van der Waals surface area contributed by atoms with Gasteiger partial charge in [0.1, 0.15) is 17.5 Å². The maximum absolute atomic E-state index is 11.9. The van der Waals surface area contributed by atoms with Gasteiger partial charge in [-0.1, -0.05) is 38.1 Å². The second kappa shape index (κ2) is 9.39. The number of carbonyl (C=O) groups is 1. The molecule has 0 saturated heterocycles. The Bertz CT molecular complexity index is 801. The van der Waals surface area contributed by atoms with E-state index in [0.29, 0.717) is 17.1 Å². The summed E-state index contributed by atoms with van der Waals surface area (Å²) in [6.45, 7) is 9.97. The highest BCUT2D eigenvalue weighted by Gasteiger charge is 2.17. The van der Waals surface area contributed by atoms with Gasteiger partial charge in [0, 0.05) is 0 Å². The average molecular weight is 421 g/mol. The topological polar surface area (TPSA) is 93.9 Å². The molecule has 0 aliphatic carbocycles. The molecule has 0 spiro atoms. The Morgan fingerprint density at radius 2 is 1.96 bits per heavy atom. The van der Waals surface area contributed by atoms with E-state index in [-0.39, 0.29) is 18.1 Å². The number of halogens is 1. The third kappa shape index (κ3) is 6.19. The first kappa shape index (κ1) is 21.7. The van der Waals surface area contributed by atoms with E-state index in [0.717, 1.165) is 11.1 Å². The zero-order valence-corrected chi connectivity index (χ0v) is 17.4. The molecule has 0 fully saturated rings. The SMILES string of the molecule is CC.CC(C)(C)OC(=O)Cc1cccc(Cn2c(Br)nc(C#N)c2N)c1. The second-order valence-corrected chi connectivity index (χ2v) is 7.11. The van der Waals surface area contributed by atoms with Gasteiger partial charge in [0.05, 0.1) is 13.0 Å². The van der Waals surface area contributed by atoms with Gasteiger partial charge in [-0.25, -0.2) is 4.98 Å². The smallest absolute Gasteiger partial charge is 0.310 e. The molecule has 0 aliphatic rings. The van der Waals surface area contributed by atoms with E-state index < -0.39 is 5.60 Å². The van der Waals surface area contributed by atoms with Crippen molar-refractivity contribution in [1.29, 1.82) is 5.26 Å². The maximum atomic E-state index is 11.9. The summed E-state index contributed by atoms with van der Waals surface area (Å²) in [5.41, 5.74) is 7.42. The number of esters is 1. The zero-order chi connectivity index (χ0) is 19.9. The lowest BCUT2D eigenvalue weighted by molar-refractivity contribution is -0.153. The second-order valence-electron chi connectivity index (χ2n) is 6.40. The van der Waals surface area contributed by atoms with Crippen LogP contribution >= 0.6 is 15.9 Å². The van der Waals surface area contributed by atoms with Crippen LogP contribution < -0.4 is 5.73 Å². The molecule has 0 radical (unpaired) electrons. The van der Waals surface area contributed by atoms with Gasteiger partial charge in [-0.05, 0) is 47.8 Å². The van der Waals surface area contributed by atoms with Crippen LogP contribution in [0.3, 0.4) is 0 Å². The summed E-state index contributed by atoms with van der Waals surface area (Å²) in [4.78, 5) is 16.0. The maximum Gasteiger partial charge on any atom is 0.310 e. The molecule has 2 rings (SSSR count). The predicted octanol–water partition coefficient (Wildman–Crippen LogP) is 4.06. The van der Waals surface area contributed by atoms with Crippen molar-refractivity contribution in [3.8, 4) is 6.07 Å². The van der Waals surface area contributed by atoms with Gasteiger partial charge in [-0.2, -0.15) is 5.26 Å². The highest BCUT2D eigenvalue weighted by Crippen LogP contribution is 2.21. The van der Waals surface area contributed by atoms with E-state index in [1.807, 2.05) is 65.0 Å². The van der Waals surface area contributed by atoms with Gasteiger partial charge in [-0.3, -0.25) is 4.79 Å². The molecule has 1 aromatic heterocycles. The quantitative estimate of drug-likeness (QED) is 0.752. The Morgan fingerprint density at radius 1 is 1.35 bits per heavy atom. The van der Waals surface area contributed by atoms with Crippen molar-refractivity contribution in [1.82, 2.24) is 9.55 Å². The van der Waals surface area contributed by atoms with Gasteiger partial charge in [0.25, 0.3) is 0 Å². The Kier molecular flexibility index (Phi) is 7.84. The summed E-state index contributed by atoms with van der Waals surface area (Å²) in [5, 5.41) is 8.98. The van der Waals surface area contributed by atoms with Gasteiger partial charge < -0.3 is 15.0 Å². The summed E-state index contributed by atoms with van der Waals surface area (Å²) in [7, 11) is 0. The summed E-state index contributed by atoms with van der Waals surface area (Å²) in [6.07, 6.45) is 0.204. The minimum Gasteiger partial charge on any atom is -0.460 e. The minimum atomic E-state index is -0.501. The van der Waals surface area contributed by atoms with Crippen LogP contribution in [0.4, 0.5) is 5.82 Å². The van der Waals surface area contributed by atoms with E-state index in [1.54, 1.807) is 4.57 Å². The number of imidazole rings is 1. The molecule has 1 heterocycles. The normalized spacial score (nSPS) is 10.5. The zero-order valence-electron chi connectivity index (χ0n) is 15.8. The third-order valence-corrected chi connectivity index (χ3v) is 3.77. The number of carbonyl (C=O) groups excluding carboxylic acids is 1. The van der Waals surface area contributed by atoms with Gasteiger partial charge in [-0.15, -0.1) is 0 Å². The van der Waals surface area contributed by atoms with E-state index >= 15 is 0 Å². The lowest BCUT2D eigenvalue weighted by atomic mass is 10.1. The van der Waals surface area contributed by atoms with Crippen LogP contribution in [0.2, 0.25) is 0 Å². The number of nitrogens with zero attached hydrogens (tertiary/aromatic N) is 3. The fourth-order valence-corrected chi connectivity index (χ4v) is 2.73. The predicted molar refractivity (Wildman–Crippen MR) is 105 cm³/mol. The van der Waals surface area contributed by atoms with Crippen molar-refractivity contribution in [2.45, 2.75) is 53.2 Å². The van der Waals surface area contributed by atoms with E-state index in [1.165, 1.54) is 0 Å². The number of nitriles is 1. The fraction of sp³-hybridized carbons (Fsp3) is 0.421. The molecule has 7 heteroatoms. The van der Waals surface area contributed by atoms with Crippen LogP contribution in [-0.2, 0) is 22.5 Å². The Hall–Kier alpha value is -2.33. The lowest BCUT2D eigenvalue weighted by Crippen LogP contribution is -2.24. The molecule has 2 aromatic rings. The molecule has 0 amide bonds. The Balaban J connectivity index is 0.00000163. The summed E-state index contributed by atoms with van der Waals surface area (Å²) in [5.74, 6) is 0.0386. The standard InChI is InChI=1S/C17H19BrN4O2.C2H6/c1-17(2,3)24-14(23)8-11-5-4-6-12(7-11)10-22-15(20)13(9-19)21-16(22)18;1-2/h4-7H,8,10,20H2,1-3H3;1-2H3. The van der Waals surface area contributed by atoms with Crippen LogP contribution in [0, 0.1) is 11.3 Å². The number of nitrogens with two attached hydrogens (primary N) is 1. The average Bonchev–Trinajstić information content (AvgIpc) is 2.83. The molecule has 6 nitrogen and oxygen atoms in total. The number of nitrogen functional groups attached to an aromatic ring is 1. The number of ether oxygens (including phenoxy) is 1. The molecule has 0 bridgehead atoms. The number of hydrogen-bond donors (Lipinski definition) is 1. The molecular weight excluding hydrogens is 396 g/mol. The van der Waals surface area contributed by atoms with Crippen molar-refractivity contribution >= 4 is 27.7 Å². The molecule has 0 atom stereocenters. The van der Waals surface area contributed by atoms with Crippen molar-refractivity contribution < 1.29 is 9.53 Å². The van der Waals surface area contributed by atoms with Crippen molar-refractivity contribution in [2.24, 2.45) is 0 Å². The van der Waals surface area contributed by atoms with E-state index in [9.17, 15) is 4.79 Å². The molecule has 2 N–H and O–H groups in total. The minimum absolute atomic E-state index is 0.187. The van der Waals surface area contributed by atoms with Crippen molar-refractivity contribution in [3.63, 3.8) is 0 Å². The summed E-state index contributed by atoms with van der Waals surface area (Å²) >= 11 is 3.30. The van der Waals surface area contributed by atoms with Crippen molar-refractivity contribution in [3.05, 3.63) is 45.8 Å². The van der Waals surface area contributed by atoms with E-state index in [4.69, 9.17) is 15.7 Å². The largest absolute Gasteiger partial charge is 0.460 e. The molecule has 140 valence electrons. The Labute approximate surface area is 163 Å². The number of aromatic nitrogens is 2. The molecule has 0 saturated carbocycles. The summed E-state index contributed by atoms with van der Waals surface area (Å²) < 4.78 is 7.53. The van der Waals surface area contributed by atoms with Gasteiger partial charge in [0.2, 0.25) is 0 Å². The molecule has 26 heavy (non-hydrogen) atoms. The molecule has 1 aromatic carbocycles. The first-order valence-corrected chi connectivity index (χ1v) is 9.20. The van der Waals surface area contributed by atoms with Crippen LogP contribution in [0.1, 0.15) is 51.4 Å². The highest BCUT2D eigenvalue weighted by molar-refractivity contribution is 9.10. The number of rotatable bonds is 4. The van der Waals surface area contributed by atoms with E-state index in [2.05, 4.69) is 20.9 Å². The molecule has 0 unspecified atom stereocenters. The molecular formula is C19H25BrN4O2. The van der Waals surface area contributed by atoms with Crippen LogP contribution in [0.5, 0.6) is 0 Å². The number of anilines is 1. The first-order valence-electron chi connectivity index (χ1n) is 8.41. The number of benzene rings is 1. The Morgan fingerprint density at radius 3 is 2.50 bits per heavy atom. The van der Waals surface area contributed by atoms with Crippen molar-refractivity contribution in [2.75, 3.05) is 5.73 Å². The van der Waals surface area contributed by atoms with Crippen LogP contribution in [0.25, 0.3) is 0 Å². The van der Waals surface area contributed by atoms with Gasteiger partial charge in [0.15, 0.2) is 10.4 Å².